The first-order valence-corrected chi connectivity index (χ1v) is 5.81. The molecule has 1 aliphatic rings. The summed E-state index contributed by atoms with van der Waals surface area (Å²) in [6.45, 7) is 3.23. The van der Waals surface area contributed by atoms with Crippen molar-refractivity contribution < 1.29 is 14.3 Å². The second-order valence-electron chi connectivity index (χ2n) is 4.29. The Hall–Kier alpha value is -1.55. The molecule has 2 rings (SSSR count). The van der Waals surface area contributed by atoms with Gasteiger partial charge in [-0.2, -0.15) is 0 Å². The van der Waals surface area contributed by atoms with Crippen molar-refractivity contribution in [3.8, 4) is 0 Å². The number of anilines is 1. The molecule has 0 spiro atoms. The molecular weight excluding hydrogens is 218 g/mol. The highest BCUT2D eigenvalue weighted by Crippen LogP contribution is 2.17. The number of hydrogen-bond donors (Lipinski definition) is 1. The van der Waals surface area contributed by atoms with Gasteiger partial charge in [-0.05, 0) is 24.6 Å². The smallest absolute Gasteiger partial charge is 0.338 e. The number of nitrogens with two attached hydrogens (primary N) is 1. The van der Waals surface area contributed by atoms with Gasteiger partial charge in [-0.1, -0.05) is 6.07 Å². The summed E-state index contributed by atoms with van der Waals surface area (Å²) in [5.74, 6) is -0.302. The van der Waals surface area contributed by atoms with Gasteiger partial charge in [0.25, 0.3) is 0 Å². The lowest BCUT2D eigenvalue weighted by Gasteiger charge is -2.22. The van der Waals surface area contributed by atoms with Crippen molar-refractivity contribution in [1.82, 2.24) is 0 Å². The van der Waals surface area contributed by atoms with Crippen LogP contribution in [0, 0.1) is 6.92 Å². The topological polar surface area (TPSA) is 61.5 Å². The standard InChI is InChI=1S/C13H17NO3/c1-9-2-3-10(8-12(9)14)13(15)17-11-4-6-16-7-5-11/h2-3,8,11H,4-7,14H2,1H3. The van der Waals surface area contributed by atoms with Gasteiger partial charge in [0, 0.05) is 18.5 Å². The summed E-state index contributed by atoms with van der Waals surface area (Å²) < 4.78 is 10.6. The average molecular weight is 235 g/mol. The van der Waals surface area contributed by atoms with Crippen molar-refractivity contribution in [3.05, 3.63) is 29.3 Å². The van der Waals surface area contributed by atoms with E-state index in [1.165, 1.54) is 0 Å². The number of rotatable bonds is 2. The first-order chi connectivity index (χ1) is 8.16. The van der Waals surface area contributed by atoms with Crippen molar-refractivity contribution in [2.75, 3.05) is 18.9 Å². The quantitative estimate of drug-likeness (QED) is 0.628. The predicted molar refractivity (Wildman–Crippen MR) is 64.8 cm³/mol. The maximum absolute atomic E-state index is 11.9. The van der Waals surface area contributed by atoms with E-state index in [-0.39, 0.29) is 12.1 Å². The summed E-state index contributed by atoms with van der Waals surface area (Å²) in [5.41, 5.74) is 7.86. The molecule has 0 unspecified atom stereocenters. The zero-order valence-corrected chi connectivity index (χ0v) is 9.94. The summed E-state index contributed by atoms with van der Waals surface area (Å²) in [6, 6.07) is 5.24. The summed E-state index contributed by atoms with van der Waals surface area (Å²) >= 11 is 0. The van der Waals surface area contributed by atoms with Crippen LogP contribution in [0.25, 0.3) is 0 Å². The summed E-state index contributed by atoms with van der Waals surface area (Å²) in [5, 5.41) is 0. The van der Waals surface area contributed by atoms with E-state index in [0.29, 0.717) is 24.5 Å². The number of carbonyl (C=O) groups excluding carboxylic acids is 1. The lowest BCUT2D eigenvalue weighted by Crippen LogP contribution is -2.26. The lowest BCUT2D eigenvalue weighted by atomic mass is 10.1. The van der Waals surface area contributed by atoms with E-state index in [9.17, 15) is 4.79 Å². The number of carbonyl (C=O) groups is 1. The second kappa shape index (κ2) is 5.19. The Morgan fingerprint density at radius 1 is 1.41 bits per heavy atom. The Morgan fingerprint density at radius 2 is 2.12 bits per heavy atom. The highest BCUT2D eigenvalue weighted by Gasteiger charge is 2.19. The van der Waals surface area contributed by atoms with Crippen LogP contribution < -0.4 is 5.73 Å². The first kappa shape index (κ1) is 11.9. The molecule has 0 amide bonds. The van der Waals surface area contributed by atoms with Crippen molar-refractivity contribution in [3.63, 3.8) is 0 Å². The number of hydrogen-bond acceptors (Lipinski definition) is 4. The molecule has 1 heterocycles. The fourth-order valence-corrected chi connectivity index (χ4v) is 1.78. The number of esters is 1. The zero-order chi connectivity index (χ0) is 12.3. The third-order valence-electron chi connectivity index (χ3n) is 2.96. The zero-order valence-electron chi connectivity index (χ0n) is 9.94. The van der Waals surface area contributed by atoms with Crippen LogP contribution in [0.1, 0.15) is 28.8 Å². The molecule has 1 saturated heterocycles. The third-order valence-corrected chi connectivity index (χ3v) is 2.96. The molecule has 0 aromatic heterocycles. The van der Waals surface area contributed by atoms with Gasteiger partial charge in [-0.25, -0.2) is 4.79 Å². The molecule has 1 aliphatic heterocycles. The minimum Gasteiger partial charge on any atom is -0.459 e. The van der Waals surface area contributed by atoms with Gasteiger partial charge in [0.2, 0.25) is 0 Å². The van der Waals surface area contributed by atoms with Crippen LogP contribution in [-0.4, -0.2) is 25.3 Å². The average Bonchev–Trinajstić information content (AvgIpc) is 2.34. The molecular formula is C13H17NO3. The van der Waals surface area contributed by atoms with Crippen molar-refractivity contribution in [2.45, 2.75) is 25.9 Å². The van der Waals surface area contributed by atoms with Crippen LogP contribution >= 0.6 is 0 Å². The summed E-state index contributed by atoms with van der Waals surface area (Å²) in [6.07, 6.45) is 1.51. The molecule has 92 valence electrons. The maximum Gasteiger partial charge on any atom is 0.338 e. The van der Waals surface area contributed by atoms with E-state index in [1.807, 2.05) is 13.0 Å². The maximum atomic E-state index is 11.9. The summed E-state index contributed by atoms with van der Waals surface area (Å²) in [7, 11) is 0. The van der Waals surface area contributed by atoms with Gasteiger partial charge in [-0.15, -0.1) is 0 Å². The van der Waals surface area contributed by atoms with Gasteiger partial charge >= 0.3 is 5.97 Å². The normalized spacial score (nSPS) is 16.8. The van der Waals surface area contributed by atoms with Gasteiger partial charge < -0.3 is 15.2 Å². The van der Waals surface area contributed by atoms with Crippen LogP contribution in [0.4, 0.5) is 5.69 Å². The van der Waals surface area contributed by atoms with Gasteiger partial charge in [0.05, 0.1) is 18.8 Å². The molecule has 1 aromatic carbocycles. The molecule has 0 radical (unpaired) electrons. The third kappa shape index (κ3) is 2.97. The van der Waals surface area contributed by atoms with Crippen molar-refractivity contribution >= 4 is 11.7 Å². The lowest BCUT2D eigenvalue weighted by molar-refractivity contribution is -0.0159. The van der Waals surface area contributed by atoms with Gasteiger partial charge in [-0.3, -0.25) is 0 Å². The van der Waals surface area contributed by atoms with Crippen LogP contribution in [-0.2, 0) is 9.47 Å². The highest BCUT2D eigenvalue weighted by molar-refractivity contribution is 5.90. The molecule has 1 aromatic rings. The minimum absolute atomic E-state index is 0.0289. The Bertz CT molecular complexity index is 411. The largest absolute Gasteiger partial charge is 0.459 e. The molecule has 17 heavy (non-hydrogen) atoms. The molecule has 0 atom stereocenters. The van der Waals surface area contributed by atoms with Crippen molar-refractivity contribution in [2.24, 2.45) is 0 Å². The van der Waals surface area contributed by atoms with E-state index in [0.717, 1.165) is 18.4 Å². The molecule has 2 N–H and O–H groups in total. The van der Waals surface area contributed by atoms with Crippen LogP contribution in [0.5, 0.6) is 0 Å². The van der Waals surface area contributed by atoms with Crippen LogP contribution in [0.15, 0.2) is 18.2 Å². The predicted octanol–water partition coefficient (Wildman–Crippen LogP) is 1.91. The number of aryl methyl sites for hydroxylation is 1. The molecule has 0 bridgehead atoms. The molecule has 4 nitrogen and oxygen atoms in total. The van der Waals surface area contributed by atoms with Crippen molar-refractivity contribution in [1.29, 1.82) is 0 Å². The van der Waals surface area contributed by atoms with Crippen LogP contribution in [0.2, 0.25) is 0 Å². The summed E-state index contributed by atoms with van der Waals surface area (Å²) in [4.78, 5) is 11.9. The van der Waals surface area contributed by atoms with E-state index in [1.54, 1.807) is 12.1 Å². The minimum atomic E-state index is -0.302. The first-order valence-electron chi connectivity index (χ1n) is 5.81. The molecule has 0 aliphatic carbocycles. The fraction of sp³-hybridized carbons (Fsp3) is 0.462. The number of benzene rings is 1. The fourth-order valence-electron chi connectivity index (χ4n) is 1.78. The molecule has 1 fully saturated rings. The van der Waals surface area contributed by atoms with Gasteiger partial charge in [0.1, 0.15) is 6.10 Å². The monoisotopic (exact) mass is 235 g/mol. The van der Waals surface area contributed by atoms with E-state index in [4.69, 9.17) is 15.2 Å². The Kier molecular flexibility index (Phi) is 3.64. The molecule has 4 heteroatoms. The Balaban J connectivity index is 2.01. The molecule has 0 saturated carbocycles. The van der Waals surface area contributed by atoms with Crippen LogP contribution in [0.3, 0.4) is 0 Å². The van der Waals surface area contributed by atoms with E-state index >= 15 is 0 Å². The van der Waals surface area contributed by atoms with E-state index < -0.39 is 0 Å². The second-order valence-corrected chi connectivity index (χ2v) is 4.29. The Morgan fingerprint density at radius 3 is 2.76 bits per heavy atom. The highest BCUT2D eigenvalue weighted by atomic mass is 16.6. The SMILES string of the molecule is Cc1ccc(C(=O)OC2CCOCC2)cc1N. The van der Waals surface area contributed by atoms with Gasteiger partial charge in [0.15, 0.2) is 0 Å². The number of ether oxygens (including phenoxy) is 2. The number of nitrogen functional groups attached to an aromatic ring is 1. The van der Waals surface area contributed by atoms with E-state index in [2.05, 4.69) is 0 Å². The Labute approximate surface area is 101 Å².